The molecule has 15 heavy (non-hydrogen) atoms. The fourth-order valence-electron chi connectivity index (χ4n) is 1.71. The Hall–Kier alpha value is -1.03. The molecule has 0 saturated carbocycles. The Morgan fingerprint density at radius 3 is 3.00 bits per heavy atom. The normalized spacial score (nSPS) is 20.2. The average Bonchev–Trinajstić information content (AvgIpc) is 2.69. The highest BCUT2D eigenvalue weighted by molar-refractivity contribution is 7.99. The Bertz CT molecular complexity index is 337. The highest BCUT2D eigenvalue weighted by Crippen LogP contribution is 2.26. The standard InChI is InChI=1S/C11H16N2OS/c1-14-11-5-8(12)4-10(6-11)13-9-2-3-15-7-9/h4-6,9,13H,2-3,7,12H2,1H3. The van der Waals surface area contributed by atoms with E-state index in [-0.39, 0.29) is 0 Å². The molecule has 0 aliphatic carbocycles. The molecule has 1 aromatic rings. The summed E-state index contributed by atoms with van der Waals surface area (Å²) in [6.45, 7) is 0. The monoisotopic (exact) mass is 224 g/mol. The lowest BCUT2D eigenvalue weighted by Crippen LogP contribution is -2.18. The third kappa shape index (κ3) is 2.72. The van der Waals surface area contributed by atoms with Crippen molar-refractivity contribution in [2.75, 3.05) is 29.7 Å². The summed E-state index contributed by atoms with van der Waals surface area (Å²) in [7, 11) is 1.66. The van der Waals surface area contributed by atoms with Crippen LogP contribution in [0.25, 0.3) is 0 Å². The van der Waals surface area contributed by atoms with Gasteiger partial charge in [-0.3, -0.25) is 0 Å². The van der Waals surface area contributed by atoms with Gasteiger partial charge in [-0.2, -0.15) is 11.8 Å². The number of hydrogen-bond donors (Lipinski definition) is 2. The smallest absolute Gasteiger partial charge is 0.122 e. The van der Waals surface area contributed by atoms with Crippen LogP contribution in [-0.4, -0.2) is 24.7 Å². The number of anilines is 2. The number of hydrogen-bond acceptors (Lipinski definition) is 4. The van der Waals surface area contributed by atoms with Crippen molar-refractivity contribution < 1.29 is 4.74 Å². The van der Waals surface area contributed by atoms with E-state index in [0.717, 1.165) is 17.1 Å². The highest BCUT2D eigenvalue weighted by atomic mass is 32.2. The summed E-state index contributed by atoms with van der Waals surface area (Å²) in [5.74, 6) is 3.23. The molecule has 82 valence electrons. The predicted octanol–water partition coefficient (Wildman–Crippen LogP) is 2.19. The van der Waals surface area contributed by atoms with Gasteiger partial charge in [-0.1, -0.05) is 0 Å². The van der Waals surface area contributed by atoms with Crippen molar-refractivity contribution in [2.24, 2.45) is 0 Å². The van der Waals surface area contributed by atoms with Gasteiger partial charge in [-0.15, -0.1) is 0 Å². The predicted molar refractivity (Wildman–Crippen MR) is 66.8 cm³/mol. The number of rotatable bonds is 3. The Kier molecular flexibility index (Phi) is 3.26. The van der Waals surface area contributed by atoms with Crippen LogP contribution in [0.1, 0.15) is 6.42 Å². The van der Waals surface area contributed by atoms with Gasteiger partial charge in [-0.05, 0) is 18.2 Å². The second-order valence-electron chi connectivity index (χ2n) is 3.70. The van der Waals surface area contributed by atoms with Crippen molar-refractivity contribution >= 4 is 23.1 Å². The molecule has 1 aliphatic rings. The lowest BCUT2D eigenvalue weighted by atomic mass is 10.2. The molecule has 4 heteroatoms. The van der Waals surface area contributed by atoms with E-state index >= 15 is 0 Å². The van der Waals surface area contributed by atoms with Crippen molar-refractivity contribution in [2.45, 2.75) is 12.5 Å². The summed E-state index contributed by atoms with van der Waals surface area (Å²) < 4.78 is 5.17. The molecular weight excluding hydrogens is 208 g/mol. The molecule has 1 fully saturated rings. The van der Waals surface area contributed by atoms with Crippen molar-refractivity contribution in [1.82, 2.24) is 0 Å². The van der Waals surface area contributed by atoms with Gasteiger partial charge in [0.15, 0.2) is 0 Å². The van der Waals surface area contributed by atoms with Gasteiger partial charge in [0, 0.05) is 35.3 Å². The van der Waals surface area contributed by atoms with E-state index in [9.17, 15) is 0 Å². The van der Waals surface area contributed by atoms with Gasteiger partial charge in [-0.25, -0.2) is 0 Å². The second-order valence-corrected chi connectivity index (χ2v) is 4.85. The zero-order valence-corrected chi connectivity index (χ0v) is 9.64. The van der Waals surface area contributed by atoms with Crippen LogP contribution in [0, 0.1) is 0 Å². The topological polar surface area (TPSA) is 47.3 Å². The van der Waals surface area contributed by atoms with Crippen LogP contribution in [0.15, 0.2) is 18.2 Å². The van der Waals surface area contributed by atoms with E-state index < -0.39 is 0 Å². The summed E-state index contributed by atoms with van der Waals surface area (Å²) in [5, 5.41) is 3.48. The quantitative estimate of drug-likeness (QED) is 0.773. The Labute approximate surface area is 94.4 Å². The molecule has 2 rings (SSSR count). The fourth-order valence-corrected chi connectivity index (χ4v) is 2.86. The minimum Gasteiger partial charge on any atom is -0.497 e. The molecule has 1 aliphatic heterocycles. The maximum atomic E-state index is 5.78. The first-order valence-electron chi connectivity index (χ1n) is 5.07. The number of nitrogens with one attached hydrogen (secondary N) is 1. The molecule has 1 unspecified atom stereocenters. The van der Waals surface area contributed by atoms with Gasteiger partial charge < -0.3 is 15.8 Å². The zero-order valence-electron chi connectivity index (χ0n) is 8.82. The summed E-state index contributed by atoms with van der Waals surface area (Å²) >= 11 is 1.99. The third-order valence-electron chi connectivity index (χ3n) is 2.47. The first-order valence-corrected chi connectivity index (χ1v) is 6.22. The van der Waals surface area contributed by atoms with Crippen LogP contribution in [0.5, 0.6) is 5.75 Å². The largest absolute Gasteiger partial charge is 0.497 e. The summed E-state index contributed by atoms with van der Waals surface area (Å²) in [6.07, 6.45) is 1.22. The number of thioether (sulfide) groups is 1. The van der Waals surface area contributed by atoms with Crippen LogP contribution in [-0.2, 0) is 0 Å². The molecule has 0 spiro atoms. The molecule has 3 nitrogen and oxygen atoms in total. The summed E-state index contributed by atoms with van der Waals surface area (Å²) in [6, 6.07) is 6.33. The van der Waals surface area contributed by atoms with E-state index in [1.807, 2.05) is 30.0 Å². The Morgan fingerprint density at radius 1 is 1.47 bits per heavy atom. The number of nitrogen functional groups attached to an aromatic ring is 1. The van der Waals surface area contributed by atoms with Crippen LogP contribution < -0.4 is 15.8 Å². The van der Waals surface area contributed by atoms with Crippen LogP contribution in [0.2, 0.25) is 0 Å². The molecule has 3 N–H and O–H groups in total. The van der Waals surface area contributed by atoms with Gasteiger partial charge in [0.25, 0.3) is 0 Å². The van der Waals surface area contributed by atoms with Gasteiger partial charge in [0.2, 0.25) is 0 Å². The van der Waals surface area contributed by atoms with E-state index in [2.05, 4.69) is 5.32 Å². The first kappa shape index (κ1) is 10.5. The first-order chi connectivity index (χ1) is 7.28. The molecule has 0 bridgehead atoms. The third-order valence-corrected chi connectivity index (χ3v) is 3.63. The highest BCUT2D eigenvalue weighted by Gasteiger charge is 2.15. The van der Waals surface area contributed by atoms with E-state index in [0.29, 0.717) is 6.04 Å². The molecular formula is C11H16N2OS. The molecule has 0 radical (unpaired) electrons. The molecule has 1 heterocycles. The molecule has 0 aromatic heterocycles. The maximum Gasteiger partial charge on any atom is 0.122 e. The zero-order chi connectivity index (χ0) is 10.7. The Balaban J connectivity index is 2.09. The minimum atomic E-state index is 0.571. The van der Waals surface area contributed by atoms with Gasteiger partial charge in [0.05, 0.1) is 7.11 Å². The minimum absolute atomic E-state index is 0.571. The van der Waals surface area contributed by atoms with Gasteiger partial charge in [0.1, 0.15) is 5.75 Å². The van der Waals surface area contributed by atoms with Crippen LogP contribution >= 0.6 is 11.8 Å². The van der Waals surface area contributed by atoms with Crippen LogP contribution in [0.3, 0.4) is 0 Å². The Morgan fingerprint density at radius 2 is 2.33 bits per heavy atom. The van der Waals surface area contributed by atoms with E-state index in [1.54, 1.807) is 7.11 Å². The van der Waals surface area contributed by atoms with Crippen molar-refractivity contribution in [1.29, 1.82) is 0 Å². The van der Waals surface area contributed by atoms with Crippen molar-refractivity contribution in [3.63, 3.8) is 0 Å². The number of benzene rings is 1. The maximum absolute atomic E-state index is 5.78. The summed E-state index contributed by atoms with van der Waals surface area (Å²) in [5.41, 5.74) is 7.58. The SMILES string of the molecule is COc1cc(N)cc(NC2CCSC2)c1. The fraction of sp³-hybridized carbons (Fsp3) is 0.455. The number of ether oxygens (including phenoxy) is 1. The lowest BCUT2D eigenvalue weighted by Gasteiger charge is -2.14. The van der Waals surface area contributed by atoms with Crippen molar-refractivity contribution in [3.05, 3.63) is 18.2 Å². The lowest BCUT2D eigenvalue weighted by molar-refractivity contribution is 0.415. The average molecular weight is 224 g/mol. The number of methoxy groups -OCH3 is 1. The molecule has 1 saturated heterocycles. The molecule has 1 aromatic carbocycles. The van der Waals surface area contributed by atoms with Crippen LogP contribution in [0.4, 0.5) is 11.4 Å². The number of nitrogens with two attached hydrogens (primary N) is 1. The summed E-state index contributed by atoms with van der Waals surface area (Å²) in [4.78, 5) is 0. The van der Waals surface area contributed by atoms with E-state index in [4.69, 9.17) is 10.5 Å². The van der Waals surface area contributed by atoms with Gasteiger partial charge >= 0.3 is 0 Å². The van der Waals surface area contributed by atoms with Crippen molar-refractivity contribution in [3.8, 4) is 5.75 Å². The second kappa shape index (κ2) is 4.66. The van der Waals surface area contributed by atoms with E-state index in [1.165, 1.54) is 17.9 Å². The molecule has 0 amide bonds. The molecule has 1 atom stereocenters.